The standard InChI is InChI=1S/C22H23F2N3O2.C19H23N3O/c1-15-3-6-21(16(2)7-15)28-10-17-9-22(29-11-17,12-27-14-25-13-26-27)19-5-4-18(23)8-20(19)24;1-15-3-7-17(8-4-15)20-19(23)16-5-9-18(10-6-16)22-13-11-21(2)12-14-22/h3-8,13-14,17H,9-12H2,1-2H3;3-10H,11-14H2,1-2H3,(H,20,23)/t17-,22+;/m1./s1. The van der Waals surface area contributed by atoms with Crippen LogP contribution in [0.3, 0.4) is 0 Å². The summed E-state index contributed by atoms with van der Waals surface area (Å²) in [6, 6.07) is 25.3. The molecule has 0 saturated carbocycles. The molecule has 0 unspecified atom stereocenters. The van der Waals surface area contributed by atoms with E-state index in [0.717, 1.165) is 49.2 Å². The number of ether oxygens (including phenoxy) is 2. The number of amides is 1. The number of hydrogen-bond acceptors (Lipinski definition) is 7. The van der Waals surface area contributed by atoms with E-state index < -0.39 is 17.2 Å². The minimum absolute atomic E-state index is 0.0590. The van der Waals surface area contributed by atoms with Crippen LogP contribution in [-0.4, -0.2) is 72.0 Å². The third kappa shape index (κ3) is 9.20. The molecule has 7 rings (SSSR count). The van der Waals surface area contributed by atoms with Gasteiger partial charge in [0.2, 0.25) is 0 Å². The smallest absolute Gasteiger partial charge is 0.255 e. The van der Waals surface area contributed by atoms with E-state index in [0.29, 0.717) is 30.8 Å². The average molecular weight is 709 g/mol. The molecule has 2 saturated heterocycles. The Morgan fingerprint density at radius 1 is 0.923 bits per heavy atom. The molecule has 1 N–H and O–H groups in total. The number of nitrogens with zero attached hydrogens (tertiary/aromatic N) is 5. The zero-order chi connectivity index (χ0) is 36.7. The number of anilines is 2. The monoisotopic (exact) mass is 708 g/mol. The van der Waals surface area contributed by atoms with Crippen LogP contribution in [0.15, 0.2) is 97.6 Å². The van der Waals surface area contributed by atoms with Crippen molar-refractivity contribution in [1.29, 1.82) is 0 Å². The van der Waals surface area contributed by atoms with E-state index in [-0.39, 0.29) is 18.4 Å². The number of nitrogens with one attached hydrogen (secondary N) is 1. The van der Waals surface area contributed by atoms with E-state index >= 15 is 0 Å². The number of aryl methyl sites for hydroxylation is 3. The number of carbonyl (C=O) groups excluding carboxylic acids is 1. The fourth-order valence-electron chi connectivity index (χ4n) is 6.68. The van der Waals surface area contributed by atoms with E-state index in [9.17, 15) is 13.6 Å². The number of piperazine rings is 1. The van der Waals surface area contributed by atoms with Gasteiger partial charge in [-0.3, -0.25) is 4.79 Å². The van der Waals surface area contributed by atoms with E-state index in [2.05, 4.69) is 38.3 Å². The highest BCUT2D eigenvalue weighted by atomic mass is 19.1. The molecule has 0 spiro atoms. The second kappa shape index (κ2) is 16.5. The fraction of sp³-hybridized carbons (Fsp3) is 0.341. The summed E-state index contributed by atoms with van der Waals surface area (Å²) in [6.07, 6.45) is 3.51. The first-order valence-corrected chi connectivity index (χ1v) is 17.6. The van der Waals surface area contributed by atoms with Gasteiger partial charge in [0.1, 0.15) is 35.6 Å². The molecule has 52 heavy (non-hydrogen) atoms. The third-order valence-electron chi connectivity index (χ3n) is 9.63. The van der Waals surface area contributed by atoms with Crippen LogP contribution in [0.25, 0.3) is 0 Å². The lowest BCUT2D eigenvalue weighted by atomic mass is 9.87. The van der Waals surface area contributed by atoms with Crippen molar-refractivity contribution in [2.75, 3.05) is 56.7 Å². The normalized spacial score (nSPS) is 18.8. The van der Waals surface area contributed by atoms with Gasteiger partial charge in [0, 0.05) is 60.7 Å². The van der Waals surface area contributed by atoms with Gasteiger partial charge in [0.05, 0.1) is 19.8 Å². The molecule has 0 aliphatic carbocycles. The quantitative estimate of drug-likeness (QED) is 0.174. The summed E-state index contributed by atoms with van der Waals surface area (Å²) in [5, 5.41) is 7.06. The number of aromatic nitrogens is 3. The van der Waals surface area contributed by atoms with Gasteiger partial charge < -0.3 is 24.6 Å². The molecule has 4 aromatic carbocycles. The summed E-state index contributed by atoms with van der Waals surface area (Å²) in [5.74, 6) is -0.421. The Morgan fingerprint density at radius 2 is 1.65 bits per heavy atom. The number of likely N-dealkylation sites (N-methyl/N-ethyl adjacent to an activating group) is 1. The lowest BCUT2D eigenvalue weighted by Gasteiger charge is -2.34. The van der Waals surface area contributed by atoms with E-state index in [1.54, 1.807) is 11.0 Å². The Labute approximate surface area is 304 Å². The van der Waals surface area contributed by atoms with Crippen molar-refractivity contribution in [3.8, 4) is 5.75 Å². The molecular formula is C41H46F2N6O3. The fourth-order valence-corrected chi connectivity index (χ4v) is 6.68. The predicted octanol–water partition coefficient (Wildman–Crippen LogP) is 7.18. The molecular weight excluding hydrogens is 662 g/mol. The van der Waals surface area contributed by atoms with E-state index in [1.807, 2.05) is 81.4 Å². The number of halogens is 2. The number of benzene rings is 4. The minimum Gasteiger partial charge on any atom is -0.493 e. The first-order chi connectivity index (χ1) is 25.1. The Balaban J connectivity index is 0.000000183. The van der Waals surface area contributed by atoms with Gasteiger partial charge in [0.25, 0.3) is 5.91 Å². The van der Waals surface area contributed by atoms with Crippen LogP contribution >= 0.6 is 0 Å². The van der Waals surface area contributed by atoms with Crippen LogP contribution in [0.1, 0.15) is 39.0 Å². The molecule has 2 fully saturated rings. The van der Waals surface area contributed by atoms with Crippen molar-refractivity contribution >= 4 is 17.3 Å². The first-order valence-electron chi connectivity index (χ1n) is 17.6. The largest absolute Gasteiger partial charge is 0.493 e. The molecule has 272 valence electrons. The molecule has 2 aliphatic rings. The van der Waals surface area contributed by atoms with Crippen molar-refractivity contribution in [1.82, 2.24) is 19.7 Å². The van der Waals surface area contributed by atoms with Crippen molar-refractivity contribution in [3.63, 3.8) is 0 Å². The summed E-state index contributed by atoms with van der Waals surface area (Å²) in [4.78, 5) is 20.9. The summed E-state index contributed by atoms with van der Waals surface area (Å²) in [7, 11) is 2.15. The molecule has 0 bridgehead atoms. The Morgan fingerprint density at radius 3 is 2.33 bits per heavy atom. The van der Waals surface area contributed by atoms with Gasteiger partial charge in [0.15, 0.2) is 0 Å². The van der Waals surface area contributed by atoms with Gasteiger partial charge in [-0.25, -0.2) is 18.4 Å². The van der Waals surface area contributed by atoms with Crippen LogP contribution in [0, 0.1) is 38.3 Å². The molecule has 0 radical (unpaired) electrons. The second-order valence-corrected chi connectivity index (χ2v) is 13.8. The Bertz CT molecular complexity index is 1930. The SMILES string of the molecule is Cc1ccc(NC(=O)c2ccc(N3CCN(C)CC3)cc2)cc1.Cc1ccc(OC[C@@H]2CO[C@@](Cn3cncn3)(c3ccc(F)cc3F)C2)c(C)c1. The second-order valence-electron chi connectivity index (χ2n) is 13.8. The summed E-state index contributed by atoms with van der Waals surface area (Å²) in [5.41, 5.74) is 5.49. The number of hydrogen-bond donors (Lipinski definition) is 1. The van der Waals surface area contributed by atoms with Crippen molar-refractivity contribution in [2.24, 2.45) is 5.92 Å². The lowest BCUT2D eigenvalue weighted by molar-refractivity contribution is -0.0206. The molecule has 9 nitrogen and oxygen atoms in total. The highest BCUT2D eigenvalue weighted by Crippen LogP contribution is 2.42. The van der Waals surface area contributed by atoms with Crippen molar-refractivity contribution in [2.45, 2.75) is 39.3 Å². The van der Waals surface area contributed by atoms with Gasteiger partial charge in [-0.05, 0) is 88.3 Å². The van der Waals surface area contributed by atoms with Crippen molar-refractivity contribution < 1.29 is 23.0 Å². The van der Waals surface area contributed by atoms with Crippen LogP contribution in [0.2, 0.25) is 0 Å². The average Bonchev–Trinajstić information content (AvgIpc) is 3.80. The van der Waals surface area contributed by atoms with Gasteiger partial charge in [-0.2, -0.15) is 5.10 Å². The number of carbonyl (C=O) groups is 1. The molecule has 3 heterocycles. The lowest BCUT2D eigenvalue weighted by Crippen LogP contribution is -2.44. The molecule has 2 aliphatic heterocycles. The maximum Gasteiger partial charge on any atom is 0.255 e. The molecule has 5 aromatic rings. The molecule has 1 aromatic heterocycles. The van der Waals surface area contributed by atoms with E-state index in [1.165, 1.54) is 35.3 Å². The minimum atomic E-state index is -0.957. The highest BCUT2D eigenvalue weighted by Gasteiger charge is 2.44. The van der Waals surface area contributed by atoms with Gasteiger partial charge in [-0.1, -0.05) is 41.5 Å². The maximum atomic E-state index is 14.6. The number of rotatable bonds is 9. The van der Waals surface area contributed by atoms with Gasteiger partial charge >= 0.3 is 0 Å². The molecule has 2 atom stereocenters. The molecule has 11 heteroatoms. The van der Waals surface area contributed by atoms with Crippen LogP contribution < -0.4 is 15.0 Å². The summed E-state index contributed by atoms with van der Waals surface area (Å²) in [6.45, 7) is 11.5. The van der Waals surface area contributed by atoms with E-state index in [4.69, 9.17) is 9.47 Å². The maximum absolute atomic E-state index is 14.6. The molecule has 1 amide bonds. The van der Waals surface area contributed by atoms with Crippen LogP contribution in [0.5, 0.6) is 5.75 Å². The third-order valence-corrected chi connectivity index (χ3v) is 9.63. The summed E-state index contributed by atoms with van der Waals surface area (Å²) < 4.78 is 41.9. The zero-order valence-corrected chi connectivity index (χ0v) is 30.2. The first kappa shape index (κ1) is 36.7. The topological polar surface area (TPSA) is 84.8 Å². The summed E-state index contributed by atoms with van der Waals surface area (Å²) >= 11 is 0. The van der Waals surface area contributed by atoms with Crippen LogP contribution in [-0.2, 0) is 16.9 Å². The predicted molar refractivity (Wildman–Crippen MR) is 199 cm³/mol. The van der Waals surface area contributed by atoms with Crippen molar-refractivity contribution in [3.05, 3.63) is 137 Å². The Hall–Kier alpha value is -5.13. The zero-order valence-electron chi connectivity index (χ0n) is 30.2. The Kier molecular flexibility index (Phi) is 11.6. The highest BCUT2D eigenvalue weighted by molar-refractivity contribution is 6.04. The van der Waals surface area contributed by atoms with Crippen LogP contribution in [0.4, 0.5) is 20.2 Å². The van der Waals surface area contributed by atoms with Gasteiger partial charge in [-0.15, -0.1) is 0 Å².